The molecule has 4 rings (SSSR count). The molecule has 1 aliphatic heterocycles. The molecule has 2 aromatic carbocycles. The van der Waals surface area contributed by atoms with Crippen LogP contribution < -0.4 is 14.8 Å². The van der Waals surface area contributed by atoms with E-state index < -0.39 is 0 Å². The predicted molar refractivity (Wildman–Crippen MR) is 117 cm³/mol. The fourth-order valence-corrected chi connectivity index (χ4v) is 3.86. The van der Waals surface area contributed by atoms with Gasteiger partial charge in [0, 0.05) is 19.6 Å². The molecule has 7 nitrogen and oxygen atoms in total. The minimum atomic E-state index is 0.140. The lowest BCUT2D eigenvalue weighted by Gasteiger charge is -2.35. The van der Waals surface area contributed by atoms with E-state index in [1.807, 2.05) is 37.3 Å². The Morgan fingerprint density at radius 2 is 1.70 bits per heavy atom. The normalized spacial score (nSPS) is 15.7. The second kappa shape index (κ2) is 9.28. The largest absolute Gasteiger partial charge is 0.493 e. The van der Waals surface area contributed by atoms with E-state index in [0.717, 1.165) is 65.9 Å². The summed E-state index contributed by atoms with van der Waals surface area (Å²) in [6.45, 7) is 5.91. The van der Waals surface area contributed by atoms with Gasteiger partial charge in [-0.15, -0.1) is 0 Å². The van der Waals surface area contributed by atoms with E-state index in [0.29, 0.717) is 6.54 Å². The summed E-state index contributed by atoms with van der Waals surface area (Å²) < 4.78 is 16.5. The van der Waals surface area contributed by atoms with E-state index in [4.69, 9.17) is 24.2 Å². The standard InChI is InChI=1S/C23H28N4O3/c1-16-23(26-19-7-5-4-6-18(19)25-16)24-15-20(27-10-12-30-13-11-27)17-8-9-21(28-2)22(14-17)29-3/h4-9,14,20H,10-13,15H2,1-3H3,(H,24,26)/t20-/m0/s1. The Hall–Kier alpha value is -2.90. The SMILES string of the molecule is COc1ccc([C@H](CNc2nc3ccccc3nc2C)N2CCOCC2)cc1OC. The molecule has 2 heterocycles. The number of aryl methyl sites for hydroxylation is 1. The number of nitrogens with zero attached hydrogens (tertiary/aromatic N) is 3. The number of nitrogens with one attached hydrogen (secondary N) is 1. The minimum absolute atomic E-state index is 0.140. The van der Waals surface area contributed by atoms with Crippen molar-refractivity contribution >= 4 is 16.9 Å². The van der Waals surface area contributed by atoms with Crippen LogP contribution in [0.3, 0.4) is 0 Å². The second-order valence-electron chi connectivity index (χ2n) is 7.31. The van der Waals surface area contributed by atoms with E-state index in [1.54, 1.807) is 14.2 Å². The Kier molecular flexibility index (Phi) is 6.30. The van der Waals surface area contributed by atoms with Crippen molar-refractivity contribution in [3.63, 3.8) is 0 Å². The maximum atomic E-state index is 5.57. The first-order valence-electron chi connectivity index (χ1n) is 10.2. The van der Waals surface area contributed by atoms with Gasteiger partial charge in [-0.05, 0) is 36.8 Å². The molecule has 0 aliphatic carbocycles. The van der Waals surface area contributed by atoms with Crippen LogP contribution in [0.2, 0.25) is 0 Å². The zero-order valence-electron chi connectivity index (χ0n) is 17.7. The van der Waals surface area contributed by atoms with E-state index in [1.165, 1.54) is 0 Å². The van der Waals surface area contributed by atoms with Crippen molar-refractivity contribution in [1.82, 2.24) is 14.9 Å². The number of aromatic nitrogens is 2. The molecule has 0 unspecified atom stereocenters. The van der Waals surface area contributed by atoms with Crippen molar-refractivity contribution in [2.75, 3.05) is 52.4 Å². The highest BCUT2D eigenvalue weighted by atomic mass is 16.5. The molecule has 1 saturated heterocycles. The van der Waals surface area contributed by atoms with Gasteiger partial charge < -0.3 is 19.5 Å². The summed E-state index contributed by atoms with van der Waals surface area (Å²) in [4.78, 5) is 11.9. The van der Waals surface area contributed by atoms with Crippen LogP contribution in [0.25, 0.3) is 11.0 Å². The van der Waals surface area contributed by atoms with Crippen LogP contribution in [0.4, 0.5) is 5.82 Å². The molecule has 0 amide bonds. The zero-order valence-corrected chi connectivity index (χ0v) is 17.7. The van der Waals surface area contributed by atoms with Gasteiger partial charge in [-0.1, -0.05) is 18.2 Å². The quantitative estimate of drug-likeness (QED) is 0.642. The van der Waals surface area contributed by atoms with Gasteiger partial charge >= 0.3 is 0 Å². The summed E-state index contributed by atoms with van der Waals surface area (Å²) in [6.07, 6.45) is 0. The highest BCUT2D eigenvalue weighted by Gasteiger charge is 2.24. The van der Waals surface area contributed by atoms with Gasteiger partial charge in [-0.3, -0.25) is 4.90 Å². The Morgan fingerprint density at radius 1 is 1.00 bits per heavy atom. The van der Waals surface area contributed by atoms with Crippen molar-refractivity contribution < 1.29 is 14.2 Å². The third kappa shape index (κ3) is 4.32. The molecule has 0 radical (unpaired) electrons. The van der Waals surface area contributed by atoms with Gasteiger partial charge in [0.05, 0.1) is 50.2 Å². The van der Waals surface area contributed by atoms with E-state index in [-0.39, 0.29) is 6.04 Å². The fraction of sp³-hybridized carbons (Fsp3) is 0.391. The lowest BCUT2D eigenvalue weighted by Crippen LogP contribution is -2.41. The molecule has 1 aromatic heterocycles. The molecule has 3 aromatic rings. The number of benzene rings is 2. The maximum Gasteiger partial charge on any atom is 0.161 e. The highest BCUT2D eigenvalue weighted by molar-refractivity contribution is 5.76. The van der Waals surface area contributed by atoms with Crippen molar-refractivity contribution in [3.8, 4) is 11.5 Å². The first-order valence-corrected chi connectivity index (χ1v) is 10.2. The van der Waals surface area contributed by atoms with Crippen LogP contribution in [0.1, 0.15) is 17.3 Å². The predicted octanol–water partition coefficient (Wildman–Crippen LogP) is 3.44. The van der Waals surface area contributed by atoms with Gasteiger partial charge in [-0.2, -0.15) is 0 Å². The number of hydrogen-bond acceptors (Lipinski definition) is 7. The smallest absolute Gasteiger partial charge is 0.161 e. The number of methoxy groups -OCH3 is 2. The molecule has 1 aliphatic rings. The first-order chi connectivity index (χ1) is 14.7. The van der Waals surface area contributed by atoms with E-state index >= 15 is 0 Å². The lowest BCUT2D eigenvalue weighted by molar-refractivity contribution is 0.0186. The molecule has 30 heavy (non-hydrogen) atoms. The summed E-state index contributed by atoms with van der Waals surface area (Å²) in [5.74, 6) is 2.27. The minimum Gasteiger partial charge on any atom is -0.493 e. The average Bonchev–Trinajstić information content (AvgIpc) is 2.80. The molecule has 0 saturated carbocycles. The van der Waals surface area contributed by atoms with Crippen LogP contribution in [-0.2, 0) is 4.74 Å². The molecule has 0 bridgehead atoms. The summed E-state index contributed by atoms with van der Waals surface area (Å²) in [5, 5.41) is 3.54. The Labute approximate surface area is 177 Å². The van der Waals surface area contributed by atoms with E-state index in [2.05, 4.69) is 22.3 Å². The van der Waals surface area contributed by atoms with Crippen molar-refractivity contribution in [2.24, 2.45) is 0 Å². The summed E-state index contributed by atoms with van der Waals surface area (Å²) >= 11 is 0. The van der Waals surface area contributed by atoms with E-state index in [9.17, 15) is 0 Å². The van der Waals surface area contributed by atoms with Crippen molar-refractivity contribution in [3.05, 3.63) is 53.7 Å². The number of rotatable bonds is 7. The Balaban J connectivity index is 1.61. The van der Waals surface area contributed by atoms with Crippen molar-refractivity contribution in [1.29, 1.82) is 0 Å². The van der Waals surface area contributed by atoms with Crippen molar-refractivity contribution in [2.45, 2.75) is 13.0 Å². The number of morpholine rings is 1. The van der Waals surface area contributed by atoms with Crippen LogP contribution in [0, 0.1) is 6.92 Å². The zero-order chi connectivity index (χ0) is 20.9. The van der Waals surface area contributed by atoms with Crippen LogP contribution in [0.5, 0.6) is 11.5 Å². The van der Waals surface area contributed by atoms with Crippen LogP contribution >= 0.6 is 0 Å². The molecular formula is C23H28N4O3. The molecule has 7 heteroatoms. The number of para-hydroxylation sites is 2. The number of anilines is 1. The fourth-order valence-electron chi connectivity index (χ4n) is 3.86. The number of hydrogen-bond donors (Lipinski definition) is 1. The van der Waals surface area contributed by atoms with Gasteiger partial charge in [0.2, 0.25) is 0 Å². The monoisotopic (exact) mass is 408 g/mol. The third-order valence-electron chi connectivity index (χ3n) is 5.49. The average molecular weight is 409 g/mol. The lowest BCUT2D eigenvalue weighted by atomic mass is 10.0. The van der Waals surface area contributed by atoms with Gasteiger partial charge in [0.1, 0.15) is 5.82 Å². The summed E-state index contributed by atoms with van der Waals surface area (Å²) in [7, 11) is 3.32. The van der Waals surface area contributed by atoms with Gasteiger partial charge in [0.15, 0.2) is 11.5 Å². The van der Waals surface area contributed by atoms with Gasteiger partial charge in [0.25, 0.3) is 0 Å². The highest BCUT2D eigenvalue weighted by Crippen LogP contribution is 2.32. The topological polar surface area (TPSA) is 68.7 Å². The van der Waals surface area contributed by atoms with Crippen LogP contribution in [0.15, 0.2) is 42.5 Å². The summed E-state index contributed by atoms with van der Waals surface area (Å²) in [5.41, 5.74) is 3.85. The maximum absolute atomic E-state index is 5.57. The number of ether oxygens (including phenoxy) is 3. The molecular weight excluding hydrogens is 380 g/mol. The third-order valence-corrected chi connectivity index (χ3v) is 5.49. The molecule has 158 valence electrons. The number of fused-ring (bicyclic) bond motifs is 1. The molecule has 1 atom stereocenters. The molecule has 0 spiro atoms. The first kappa shape index (κ1) is 20.4. The Bertz CT molecular complexity index is 1000. The van der Waals surface area contributed by atoms with Gasteiger partial charge in [-0.25, -0.2) is 9.97 Å². The second-order valence-corrected chi connectivity index (χ2v) is 7.31. The van der Waals surface area contributed by atoms with Crippen LogP contribution in [-0.4, -0.2) is 61.9 Å². The Morgan fingerprint density at radius 3 is 2.40 bits per heavy atom. The molecule has 1 N–H and O–H groups in total. The molecule has 1 fully saturated rings. The summed E-state index contributed by atoms with van der Waals surface area (Å²) in [6, 6.07) is 14.2.